The maximum Gasteiger partial charge on any atom is 0.339 e. The van der Waals surface area contributed by atoms with Crippen LogP contribution in [0.5, 0.6) is 0 Å². The van der Waals surface area contributed by atoms with Gasteiger partial charge in [-0.3, -0.25) is 4.79 Å². The smallest absolute Gasteiger partial charge is 0.339 e. The third kappa shape index (κ3) is 5.37. The van der Waals surface area contributed by atoms with E-state index in [4.69, 9.17) is 9.47 Å². The lowest BCUT2D eigenvalue weighted by molar-refractivity contribution is -0.142. The molecule has 0 saturated carbocycles. The van der Waals surface area contributed by atoms with Crippen LogP contribution >= 0.6 is 0 Å². The average molecular weight is 266 g/mol. The second kappa shape index (κ2) is 8.07. The van der Waals surface area contributed by atoms with E-state index in [-0.39, 0.29) is 12.4 Å². The molecule has 1 rings (SSSR count). The average Bonchev–Trinajstić information content (AvgIpc) is 2.40. The van der Waals surface area contributed by atoms with Crippen LogP contribution in [-0.2, 0) is 14.3 Å². The first-order valence-electron chi connectivity index (χ1n) is 6.20. The normalized spacial score (nSPS) is 9.79. The number of anilines is 1. The van der Waals surface area contributed by atoms with Crippen LogP contribution in [0.4, 0.5) is 5.82 Å². The van der Waals surface area contributed by atoms with Crippen LogP contribution < -0.4 is 5.32 Å². The minimum Gasteiger partial charge on any atom is -0.466 e. The predicted octanol–water partition coefficient (Wildman–Crippen LogP) is 1.62. The Morgan fingerprint density at radius 1 is 1.21 bits per heavy atom. The fourth-order valence-corrected chi connectivity index (χ4v) is 1.36. The lowest BCUT2D eigenvalue weighted by Gasteiger charge is -2.06. The van der Waals surface area contributed by atoms with E-state index in [1.165, 1.54) is 6.20 Å². The highest BCUT2D eigenvalue weighted by Crippen LogP contribution is 2.06. The van der Waals surface area contributed by atoms with E-state index < -0.39 is 5.97 Å². The standard InChI is InChI=1S/C13H18N2O4/c1-3-18-12(16)7-8-14-11-6-5-10(9-15-11)13(17)19-4-2/h5-6,9H,3-4,7-8H2,1-2H3,(H,14,15). The Morgan fingerprint density at radius 2 is 1.95 bits per heavy atom. The summed E-state index contributed by atoms with van der Waals surface area (Å²) >= 11 is 0. The minimum atomic E-state index is -0.395. The van der Waals surface area contributed by atoms with Crippen molar-refractivity contribution in [2.45, 2.75) is 20.3 Å². The topological polar surface area (TPSA) is 77.5 Å². The van der Waals surface area contributed by atoms with Gasteiger partial charge in [0.2, 0.25) is 0 Å². The van der Waals surface area contributed by atoms with Crippen LogP contribution in [-0.4, -0.2) is 36.7 Å². The van der Waals surface area contributed by atoms with Crippen LogP contribution in [0.3, 0.4) is 0 Å². The van der Waals surface area contributed by atoms with Gasteiger partial charge >= 0.3 is 11.9 Å². The number of aromatic nitrogens is 1. The molecule has 0 unspecified atom stereocenters. The molecule has 1 N–H and O–H groups in total. The third-order valence-corrected chi connectivity index (χ3v) is 2.22. The first kappa shape index (κ1) is 14.9. The van der Waals surface area contributed by atoms with Crippen molar-refractivity contribution in [3.05, 3.63) is 23.9 Å². The minimum absolute atomic E-state index is 0.252. The summed E-state index contributed by atoms with van der Waals surface area (Å²) < 4.78 is 9.64. The Hall–Kier alpha value is -2.11. The van der Waals surface area contributed by atoms with Gasteiger partial charge < -0.3 is 14.8 Å². The van der Waals surface area contributed by atoms with Crippen LogP contribution in [0, 0.1) is 0 Å². The highest BCUT2D eigenvalue weighted by molar-refractivity contribution is 5.89. The maximum atomic E-state index is 11.4. The Kier molecular flexibility index (Phi) is 6.35. The zero-order valence-corrected chi connectivity index (χ0v) is 11.1. The van der Waals surface area contributed by atoms with Crippen molar-refractivity contribution in [1.82, 2.24) is 4.98 Å². The summed E-state index contributed by atoms with van der Waals surface area (Å²) in [7, 11) is 0. The zero-order chi connectivity index (χ0) is 14.1. The van der Waals surface area contributed by atoms with E-state index in [1.54, 1.807) is 26.0 Å². The zero-order valence-electron chi connectivity index (χ0n) is 11.1. The highest BCUT2D eigenvalue weighted by atomic mass is 16.5. The molecule has 0 spiro atoms. The van der Waals surface area contributed by atoms with Crippen molar-refractivity contribution >= 4 is 17.8 Å². The van der Waals surface area contributed by atoms with Gasteiger partial charge in [-0.2, -0.15) is 0 Å². The number of nitrogens with zero attached hydrogens (tertiary/aromatic N) is 1. The molecule has 1 aromatic rings. The molecule has 0 radical (unpaired) electrons. The number of rotatable bonds is 7. The number of ether oxygens (including phenoxy) is 2. The van der Waals surface area contributed by atoms with E-state index in [1.807, 2.05) is 0 Å². The molecule has 6 nitrogen and oxygen atoms in total. The van der Waals surface area contributed by atoms with Crippen LogP contribution in [0.2, 0.25) is 0 Å². The second-order valence-corrected chi connectivity index (χ2v) is 3.63. The predicted molar refractivity (Wildman–Crippen MR) is 69.9 cm³/mol. The van der Waals surface area contributed by atoms with Crippen molar-refractivity contribution in [2.24, 2.45) is 0 Å². The number of nitrogens with one attached hydrogen (secondary N) is 1. The number of esters is 2. The monoisotopic (exact) mass is 266 g/mol. The van der Waals surface area contributed by atoms with Gasteiger partial charge in [-0.15, -0.1) is 0 Å². The lowest BCUT2D eigenvalue weighted by Crippen LogP contribution is -2.12. The van der Waals surface area contributed by atoms with Crippen molar-refractivity contribution in [2.75, 3.05) is 25.1 Å². The van der Waals surface area contributed by atoms with E-state index in [9.17, 15) is 9.59 Å². The summed E-state index contributed by atoms with van der Waals surface area (Å²) in [5, 5.41) is 2.97. The fraction of sp³-hybridized carbons (Fsp3) is 0.462. The number of hydrogen-bond donors (Lipinski definition) is 1. The van der Waals surface area contributed by atoms with Crippen LogP contribution in [0.15, 0.2) is 18.3 Å². The molecule has 0 amide bonds. The first-order valence-corrected chi connectivity index (χ1v) is 6.20. The molecule has 0 saturated heterocycles. The summed E-state index contributed by atoms with van der Waals surface area (Å²) in [5.41, 5.74) is 0.401. The largest absolute Gasteiger partial charge is 0.466 e. The molecule has 1 heterocycles. The lowest BCUT2D eigenvalue weighted by atomic mass is 10.3. The summed E-state index contributed by atoms with van der Waals surface area (Å²) in [5.74, 6) is -0.0523. The molecule has 104 valence electrons. The Bertz CT molecular complexity index is 417. The van der Waals surface area contributed by atoms with Gasteiger partial charge in [0, 0.05) is 12.7 Å². The molecule has 6 heteroatoms. The van der Waals surface area contributed by atoms with E-state index in [0.717, 1.165) is 0 Å². The highest BCUT2D eigenvalue weighted by Gasteiger charge is 2.06. The molecular formula is C13H18N2O4. The van der Waals surface area contributed by atoms with Crippen molar-refractivity contribution in [3.63, 3.8) is 0 Å². The maximum absolute atomic E-state index is 11.4. The number of pyridine rings is 1. The molecule has 0 aliphatic heterocycles. The number of carbonyl (C=O) groups excluding carboxylic acids is 2. The van der Waals surface area contributed by atoms with Gasteiger partial charge in [0.05, 0.1) is 25.2 Å². The molecular weight excluding hydrogens is 248 g/mol. The molecule has 0 aliphatic rings. The van der Waals surface area contributed by atoms with Crippen LogP contribution in [0.25, 0.3) is 0 Å². The van der Waals surface area contributed by atoms with Gasteiger partial charge in [0.15, 0.2) is 0 Å². The molecule has 0 bridgehead atoms. The summed E-state index contributed by atoms with van der Waals surface area (Å²) in [6.07, 6.45) is 1.71. The molecule has 1 aromatic heterocycles. The van der Waals surface area contributed by atoms with Gasteiger partial charge in [-0.1, -0.05) is 0 Å². The summed E-state index contributed by atoms with van der Waals surface area (Å²) in [6, 6.07) is 3.29. The Labute approximate surface area is 112 Å². The van der Waals surface area contributed by atoms with Crippen molar-refractivity contribution < 1.29 is 19.1 Å². The Morgan fingerprint density at radius 3 is 2.53 bits per heavy atom. The Balaban J connectivity index is 2.40. The van der Waals surface area contributed by atoms with Crippen molar-refractivity contribution in [1.29, 1.82) is 0 Å². The van der Waals surface area contributed by atoms with Crippen molar-refractivity contribution in [3.8, 4) is 0 Å². The van der Waals surface area contributed by atoms with E-state index in [2.05, 4.69) is 10.3 Å². The summed E-state index contributed by atoms with van der Waals surface area (Å²) in [4.78, 5) is 26.6. The van der Waals surface area contributed by atoms with E-state index in [0.29, 0.717) is 31.1 Å². The van der Waals surface area contributed by atoms with E-state index >= 15 is 0 Å². The molecule has 0 aliphatic carbocycles. The first-order chi connectivity index (χ1) is 9.17. The van der Waals surface area contributed by atoms with Gasteiger partial charge in [0.25, 0.3) is 0 Å². The number of hydrogen-bond acceptors (Lipinski definition) is 6. The summed E-state index contributed by atoms with van der Waals surface area (Å²) in [6.45, 7) is 4.66. The van der Waals surface area contributed by atoms with Gasteiger partial charge in [-0.25, -0.2) is 9.78 Å². The van der Waals surface area contributed by atoms with Crippen LogP contribution in [0.1, 0.15) is 30.6 Å². The van der Waals surface area contributed by atoms with Gasteiger partial charge in [0.1, 0.15) is 5.82 Å². The van der Waals surface area contributed by atoms with Gasteiger partial charge in [-0.05, 0) is 26.0 Å². The molecule has 0 fully saturated rings. The molecule has 0 atom stereocenters. The fourth-order valence-electron chi connectivity index (χ4n) is 1.36. The SMILES string of the molecule is CCOC(=O)CCNc1ccc(C(=O)OCC)cn1. The molecule has 0 aromatic carbocycles. The molecule has 19 heavy (non-hydrogen) atoms. The third-order valence-electron chi connectivity index (χ3n) is 2.22. The quantitative estimate of drug-likeness (QED) is 0.756. The second-order valence-electron chi connectivity index (χ2n) is 3.63. The number of carbonyl (C=O) groups is 2.